The molecule has 2 heterocycles. The van der Waals surface area contributed by atoms with Gasteiger partial charge in [0.05, 0.1) is 11.8 Å². The molecule has 0 fully saturated rings. The van der Waals surface area contributed by atoms with E-state index in [0.29, 0.717) is 48.3 Å². The van der Waals surface area contributed by atoms with Crippen molar-refractivity contribution in [2.75, 3.05) is 80.5 Å². The number of rotatable bonds is 15. The van der Waals surface area contributed by atoms with Crippen LogP contribution in [0.2, 0.25) is 0 Å². The molecule has 0 spiro atoms. The van der Waals surface area contributed by atoms with Crippen LogP contribution in [0.1, 0.15) is 19.3 Å². The molecule has 212 valence electrons. The fourth-order valence-electron chi connectivity index (χ4n) is 5.80. The predicted molar refractivity (Wildman–Crippen MR) is 149 cm³/mol. The summed E-state index contributed by atoms with van der Waals surface area (Å²) < 4.78 is 0. The Morgan fingerprint density at radius 2 is 1.10 bits per heavy atom. The van der Waals surface area contributed by atoms with Crippen molar-refractivity contribution in [3.63, 3.8) is 0 Å². The summed E-state index contributed by atoms with van der Waals surface area (Å²) in [7, 11) is 7.87. The number of likely N-dealkylation sites (N-methyl/N-ethyl adjacent to an activating group) is 1. The minimum absolute atomic E-state index is 0.279. The quantitative estimate of drug-likeness (QED) is 0.225. The van der Waals surface area contributed by atoms with E-state index in [9.17, 15) is 19.2 Å². The molecule has 0 aromatic heterocycles. The summed E-state index contributed by atoms with van der Waals surface area (Å²) in [5, 5.41) is 6.26. The van der Waals surface area contributed by atoms with E-state index in [0.717, 1.165) is 45.6 Å². The molecule has 4 amide bonds. The summed E-state index contributed by atoms with van der Waals surface area (Å²) in [5.74, 6) is -2.57. The van der Waals surface area contributed by atoms with Gasteiger partial charge in [0.15, 0.2) is 0 Å². The topological polar surface area (TPSA) is 105 Å². The van der Waals surface area contributed by atoms with Crippen molar-refractivity contribution in [1.29, 1.82) is 0 Å². The van der Waals surface area contributed by atoms with Crippen LogP contribution in [0.15, 0.2) is 46.6 Å². The average Bonchev–Trinajstić information content (AvgIpc) is 2.92. The molecule has 2 aliphatic heterocycles. The number of imide groups is 2. The Bertz CT molecular complexity index is 1120. The summed E-state index contributed by atoms with van der Waals surface area (Å²) in [4.78, 5) is 60.8. The molecule has 2 N–H and O–H groups in total. The molecule has 39 heavy (non-hydrogen) atoms. The number of carbonyl (C=O) groups excluding carboxylic acids is 4. The summed E-state index contributed by atoms with van der Waals surface area (Å²) >= 11 is 0. The van der Waals surface area contributed by atoms with Crippen molar-refractivity contribution in [2.45, 2.75) is 19.3 Å². The van der Waals surface area contributed by atoms with Gasteiger partial charge < -0.3 is 20.4 Å². The zero-order valence-corrected chi connectivity index (χ0v) is 23.7. The highest BCUT2D eigenvalue weighted by atomic mass is 16.2. The molecule has 4 rings (SSSR count). The third kappa shape index (κ3) is 5.99. The lowest BCUT2D eigenvalue weighted by Crippen LogP contribution is -2.53. The van der Waals surface area contributed by atoms with Crippen LogP contribution in [0.3, 0.4) is 0 Å². The van der Waals surface area contributed by atoms with Gasteiger partial charge in [-0.05, 0) is 91.3 Å². The Morgan fingerprint density at radius 3 is 1.59 bits per heavy atom. The summed E-state index contributed by atoms with van der Waals surface area (Å²) in [6.07, 6.45) is 9.52. The first kappa shape index (κ1) is 29.1. The number of nitrogens with one attached hydrogen (secondary N) is 2. The molecule has 10 heteroatoms. The van der Waals surface area contributed by atoms with Gasteiger partial charge in [0.2, 0.25) is 11.8 Å². The number of carbonyl (C=O) groups is 4. The molecule has 0 radical (unpaired) electrons. The second kappa shape index (κ2) is 13.0. The molecule has 0 bridgehead atoms. The highest BCUT2D eigenvalue weighted by Crippen LogP contribution is 2.46. The van der Waals surface area contributed by atoms with Gasteiger partial charge in [-0.2, -0.15) is 0 Å². The highest BCUT2D eigenvalue weighted by molar-refractivity contribution is 6.18. The van der Waals surface area contributed by atoms with Crippen molar-refractivity contribution < 1.29 is 19.2 Å². The Kier molecular flexibility index (Phi) is 9.66. The van der Waals surface area contributed by atoms with Crippen molar-refractivity contribution in [3.05, 3.63) is 46.6 Å². The number of hydrogen-bond donors (Lipinski definition) is 2. The van der Waals surface area contributed by atoms with E-state index in [1.807, 2.05) is 28.2 Å². The first-order chi connectivity index (χ1) is 18.8. The van der Waals surface area contributed by atoms with E-state index < -0.39 is 11.8 Å². The molecule has 4 aliphatic rings. The minimum Gasteiger partial charge on any atom is -0.320 e. The number of nitrogens with zero attached hydrogens (tertiary/aromatic N) is 4. The molecule has 10 nitrogen and oxygen atoms in total. The minimum atomic E-state index is -0.656. The predicted octanol–water partition coefficient (Wildman–Crippen LogP) is 0.162. The molecule has 2 aliphatic carbocycles. The largest absolute Gasteiger partial charge is 0.320 e. The standard InChI is InChI=1S/C29H42N6O4/c1-30-12-5-14-32(3)16-7-17-34-26(36)20-8-10-22-25-23(11-9-21(24(20)25)27(34)37)29(39)35(28(22)38)19-18-33(4)15-6-13-31-2/h8-11,20,23,30-31H,5-7,12-19H2,1-4H3. The second-order valence-electron chi connectivity index (χ2n) is 10.8. The van der Waals surface area contributed by atoms with E-state index in [1.54, 1.807) is 24.3 Å². The molecule has 0 saturated heterocycles. The number of amides is 4. The smallest absolute Gasteiger partial charge is 0.260 e. The van der Waals surface area contributed by atoms with Gasteiger partial charge in [0.1, 0.15) is 0 Å². The summed E-state index contributed by atoms with van der Waals surface area (Å²) in [6.45, 7) is 5.65. The van der Waals surface area contributed by atoms with Crippen LogP contribution < -0.4 is 10.6 Å². The van der Waals surface area contributed by atoms with E-state index >= 15 is 0 Å². The third-order valence-corrected chi connectivity index (χ3v) is 7.98. The fraction of sp³-hybridized carbons (Fsp3) is 0.586. The van der Waals surface area contributed by atoms with Crippen LogP contribution in [-0.2, 0) is 19.2 Å². The lowest BCUT2D eigenvalue weighted by molar-refractivity contribution is -0.148. The first-order valence-corrected chi connectivity index (χ1v) is 14.0. The Labute approximate surface area is 231 Å². The van der Waals surface area contributed by atoms with Crippen molar-refractivity contribution in [3.8, 4) is 0 Å². The van der Waals surface area contributed by atoms with Gasteiger partial charge in [-0.25, -0.2) is 0 Å². The molecular formula is C29H42N6O4. The van der Waals surface area contributed by atoms with Crippen LogP contribution in [0, 0.1) is 11.8 Å². The first-order valence-electron chi connectivity index (χ1n) is 14.0. The normalized spacial score (nSPS) is 22.3. The van der Waals surface area contributed by atoms with Crippen LogP contribution >= 0.6 is 0 Å². The van der Waals surface area contributed by atoms with Crippen LogP contribution in [0.5, 0.6) is 0 Å². The van der Waals surface area contributed by atoms with E-state index in [-0.39, 0.29) is 23.6 Å². The molecular weight excluding hydrogens is 496 g/mol. The maximum absolute atomic E-state index is 13.5. The molecule has 0 aromatic rings. The lowest BCUT2D eigenvalue weighted by Gasteiger charge is -2.42. The lowest BCUT2D eigenvalue weighted by atomic mass is 9.69. The van der Waals surface area contributed by atoms with Gasteiger partial charge in [0, 0.05) is 30.8 Å². The second-order valence-corrected chi connectivity index (χ2v) is 10.8. The SMILES string of the molecule is CNCCCN(C)CCCN1C(=O)C2=C3C4=C(C=CC3C1=O)C(=O)N(CCN(C)CCCNC)C(=O)C4C=C2. The molecule has 2 atom stereocenters. The molecule has 0 saturated carbocycles. The van der Waals surface area contributed by atoms with Gasteiger partial charge in [-0.3, -0.25) is 29.0 Å². The van der Waals surface area contributed by atoms with Crippen LogP contribution in [-0.4, -0.2) is 124 Å². The molecule has 2 unspecified atom stereocenters. The van der Waals surface area contributed by atoms with E-state index in [2.05, 4.69) is 20.4 Å². The van der Waals surface area contributed by atoms with Crippen LogP contribution in [0.4, 0.5) is 0 Å². The van der Waals surface area contributed by atoms with E-state index in [4.69, 9.17) is 0 Å². The van der Waals surface area contributed by atoms with Crippen molar-refractivity contribution in [1.82, 2.24) is 30.2 Å². The Hall–Kier alpha value is -2.92. The van der Waals surface area contributed by atoms with Gasteiger partial charge >= 0.3 is 0 Å². The van der Waals surface area contributed by atoms with Crippen molar-refractivity contribution in [2.24, 2.45) is 11.8 Å². The number of hydrogen-bond acceptors (Lipinski definition) is 8. The zero-order valence-electron chi connectivity index (χ0n) is 23.7. The van der Waals surface area contributed by atoms with Crippen molar-refractivity contribution >= 4 is 23.6 Å². The van der Waals surface area contributed by atoms with Gasteiger partial charge in [-0.15, -0.1) is 0 Å². The summed E-state index contributed by atoms with van der Waals surface area (Å²) in [6, 6.07) is 0. The van der Waals surface area contributed by atoms with E-state index in [1.165, 1.54) is 9.80 Å². The third-order valence-electron chi connectivity index (χ3n) is 7.98. The zero-order chi connectivity index (χ0) is 28.1. The maximum atomic E-state index is 13.5. The monoisotopic (exact) mass is 538 g/mol. The molecule has 0 aromatic carbocycles. The van der Waals surface area contributed by atoms with Crippen LogP contribution in [0.25, 0.3) is 0 Å². The maximum Gasteiger partial charge on any atom is 0.260 e. The fourth-order valence-corrected chi connectivity index (χ4v) is 5.80. The average molecular weight is 539 g/mol. The summed E-state index contributed by atoms with van der Waals surface area (Å²) in [5.41, 5.74) is 1.93. The highest BCUT2D eigenvalue weighted by Gasteiger charge is 2.49. The Morgan fingerprint density at radius 1 is 0.667 bits per heavy atom. The Balaban J connectivity index is 1.48. The van der Waals surface area contributed by atoms with Gasteiger partial charge in [0.25, 0.3) is 11.8 Å². The van der Waals surface area contributed by atoms with Gasteiger partial charge in [-0.1, -0.05) is 24.3 Å².